The number of fused-ring (bicyclic) bond motifs is 1. The number of azo groups is 1. The maximum atomic E-state index is 15.3. The van der Waals surface area contributed by atoms with Gasteiger partial charge in [0.1, 0.15) is 11.6 Å². The molecule has 1 aliphatic rings. The Morgan fingerprint density at radius 2 is 1.69 bits per heavy atom. The molecule has 1 atom stereocenters. The fraction of sp³-hybridized carbons (Fsp3) is 0.355. The van der Waals surface area contributed by atoms with E-state index in [0.29, 0.717) is 17.9 Å². The van der Waals surface area contributed by atoms with Crippen molar-refractivity contribution >= 4 is 11.4 Å². The maximum absolute atomic E-state index is 15.3. The Balaban J connectivity index is 1.56. The summed E-state index contributed by atoms with van der Waals surface area (Å²) in [5.41, 5.74) is 5.73. The van der Waals surface area contributed by atoms with Crippen LogP contribution in [0.1, 0.15) is 72.9 Å². The molecule has 180 valence electrons. The molecule has 0 fully saturated rings. The van der Waals surface area contributed by atoms with E-state index in [4.69, 9.17) is 0 Å². The van der Waals surface area contributed by atoms with Crippen LogP contribution >= 0.6 is 0 Å². The predicted molar refractivity (Wildman–Crippen MR) is 139 cm³/mol. The molecule has 2 nitrogen and oxygen atoms in total. The summed E-state index contributed by atoms with van der Waals surface area (Å²) in [6.07, 6.45) is 6.55. The van der Waals surface area contributed by atoms with Crippen molar-refractivity contribution < 1.29 is 8.78 Å². The van der Waals surface area contributed by atoms with Crippen LogP contribution in [0.5, 0.6) is 0 Å². The summed E-state index contributed by atoms with van der Waals surface area (Å²) in [6, 6.07) is 15.0. The lowest BCUT2D eigenvalue weighted by molar-refractivity contribution is 0.402. The SMILES string of the molecule is CCCCC1CCc2c(cc(F)c(C#Cc3ccc(N=Nc4ccc(C)cc4)cc3CC)c2F)C1. The zero-order chi connectivity index (χ0) is 24.8. The highest BCUT2D eigenvalue weighted by molar-refractivity contribution is 5.54. The highest BCUT2D eigenvalue weighted by Crippen LogP contribution is 2.33. The normalized spacial score (nSPS) is 15.1. The summed E-state index contributed by atoms with van der Waals surface area (Å²) in [6.45, 7) is 6.23. The summed E-state index contributed by atoms with van der Waals surface area (Å²) >= 11 is 0. The fourth-order valence-electron chi connectivity index (χ4n) is 4.69. The first-order chi connectivity index (χ1) is 17.0. The van der Waals surface area contributed by atoms with E-state index < -0.39 is 11.6 Å². The van der Waals surface area contributed by atoms with Gasteiger partial charge in [-0.05, 0) is 91.6 Å². The zero-order valence-electron chi connectivity index (χ0n) is 20.8. The average molecular weight is 471 g/mol. The molecular weight excluding hydrogens is 438 g/mol. The predicted octanol–water partition coefficient (Wildman–Crippen LogP) is 8.95. The van der Waals surface area contributed by atoms with E-state index in [0.717, 1.165) is 60.2 Å². The molecule has 0 aromatic heterocycles. The van der Waals surface area contributed by atoms with E-state index in [-0.39, 0.29) is 5.56 Å². The van der Waals surface area contributed by atoms with E-state index in [1.54, 1.807) is 0 Å². The van der Waals surface area contributed by atoms with Crippen LogP contribution in [0.15, 0.2) is 58.8 Å². The van der Waals surface area contributed by atoms with Crippen molar-refractivity contribution in [1.29, 1.82) is 0 Å². The van der Waals surface area contributed by atoms with Crippen LogP contribution in [0, 0.1) is 36.3 Å². The van der Waals surface area contributed by atoms with E-state index in [2.05, 4.69) is 29.0 Å². The standard InChI is InChI=1S/C31H32F2N2/c1-4-6-7-22-10-16-28-25(18-22)20-30(32)29(31(28)33)17-12-24-11-15-27(19-23(24)5-2)35-34-26-13-8-21(3)9-14-26/h8-9,11,13-15,19-20,22H,4-7,10,16,18H2,1-3H3. The van der Waals surface area contributed by atoms with Gasteiger partial charge in [-0.1, -0.05) is 62.6 Å². The molecule has 35 heavy (non-hydrogen) atoms. The number of unbranched alkanes of at least 4 members (excludes halogenated alkanes) is 1. The lowest BCUT2D eigenvalue weighted by Gasteiger charge is -2.25. The van der Waals surface area contributed by atoms with E-state index >= 15 is 4.39 Å². The Morgan fingerprint density at radius 1 is 0.943 bits per heavy atom. The summed E-state index contributed by atoms with van der Waals surface area (Å²) in [5.74, 6) is 5.28. The third-order valence-electron chi connectivity index (χ3n) is 6.80. The van der Waals surface area contributed by atoms with Crippen LogP contribution in [0.4, 0.5) is 20.2 Å². The lowest BCUT2D eigenvalue weighted by atomic mass is 9.80. The van der Waals surface area contributed by atoms with Crippen molar-refractivity contribution in [3.05, 3.63) is 93.5 Å². The van der Waals surface area contributed by atoms with E-state index in [1.165, 1.54) is 18.1 Å². The molecule has 3 aromatic rings. The largest absolute Gasteiger partial charge is 0.206 e. The van der Waals surface area contributed by atoms with Gasteiger partial charge in [0.15, 0.2) is 0 Å². The second-order valence-electron chi connectivity index (χ2n) is 9.42. The molecule has 0 radical (unpaired) electrons. The van der Waals surface area contributed by atoms with Crippen LogP contribution in [0.2, 0.25) is 0 Å². The van der Waals surface area contributed by atoms with Crippen molar-refractivity contribution in [3.8, 4) is 11.8 Å². The number of halogens is 2. The van der Waals surface area contributed by atoms with Gasteiger partial charge in [-0.3, -0.25) is 0 Å². The van der Waals surface area contributed by atoms with Crippen molar-refractivity contribution in [2.24, 2.45) is 16.1 Å². The molecular formula is C31H32F2N2. The van der Waals surface area contributed by atoms with Crippen molar-refractivity contribution in [2.45, 2.75) is 65.7 Å². The molecule has 0 saturated heterocycles. The number of hydrogen-bond acceptors (Lipinski definition) is 2. The lowest BCUT2D eigenvalue weighted by Crippen LogP contribution is -2.17. The minimum atomic E-state index is -0.563. The third-order valence-corrected chi connectivity index (χ3v) is 6.80. The summed E-state index contributed by atoms with van der Waals surface area (Å²) in [4.78, 5) is 0. The minimum Gasteiger partial charge on any atom is -0.206 e. The highest BCUT2D eigenvalue weighted by atomic mass is 19.1. The molecule has 0 spiro atoms. The molecule has 0 saturated carbocycles. The second kappa shape index (κ2) is 11.4. The monoisotopic (exact) mass is 470 g/mol. The van der Waals surface area contributed by atoms with Gasteiger partial charge in [0.2, 0.25) is 0 Å². The Hall–Kier alpha value is -3.32. The van der Waals surface area contributed by atoms with Gasteiger partial charge in [0, 0.05) is 5.56 Å². The van der Waals surface area contributed by atoms with Gasteiger partial charge >= 0.3 is 0 Å². The van der Waals surface area contributed by atoms with Gasteiger partial charge in [-0.2, -0.15) is 10.2 Å². The van der Waals surface area contributed by atoms with Crippen LogP contribution < -0.4 is 0 Å². The first-order valence-corrected chi connectivity index (χ1v) is 12.6. The minimum absolute atomic E-state index is 0.124. The molecule has 0 amide bonds. The molecule has 4 heteroatoms. The first kappa shape index (κ1) is 24.8. The highest BCUT2D eigenvalue weighted by Gasteiger charge is 2.24. The van der Waals surface area contributed by atoms with Gasteiger partial charge in [0.25, 0.3) is 0 Å². The van der Waals surface area contributed by atoms with Crippen molar-refractivity contribution in [3.63, 3.8) is 0 Å². The van der Waals surface area contributed by atoms with Crippen LogP contribution in [-0.4, -0.2) is 0 Å². The molecule has 0 bridgehead atoms. The fourth-order valence-corrected chi connectivity index (χ4v) is 4.69. The van der Waals surface area contributed by atoms with Crippen LogP contribution in [0.25, 0.3) is 0 Å². The Kier molecular flexibility index (Phi) is 8.08. The summed E-state index contributed by atoms with van der Waals surface area (Å²) in [5, 5.41) is 8.62. The van der Waals surface area contributed by atoms with Crippen LogP contribution in [0.3, 0.4) is 0 Å². The zero-order valence-corrected chi connectivity index (χ0v) is 20.8. The van der Waals surface area contributed by atoms with Crippen LogP contribution in [-0.2, 0) is 19.3 Å². The maximum Gasteiger partial charge on any atom is 0.145 e. The molecule has 4 rings (SSSR count). The number of nitrogens with zero attached hydrogens (tertiary/aromatic N) is 2. The number of hydrogen-bond donors (Lipinski definition) is 0. The van der Waals surface area contributed by atoms with Crippen molar-refractivity contribution in [2.75, 3.05) is 0 Å². The second-order valence-corrected chi connectivity index (χ2v) is 9.42. The van der Waals surface area contributed by atoms with Gasteiger partial charge in [-0.15, -0.1) is 0 Å². The van der Waals surface area contributed by atoms with E-state index in [1.807, 2.05) is 56.3 Å². The molecule has 0 heterocycles. The quantitative estimate of drug-likeness (QED) is 0.254. The Morgan fingerprint density at radius 3 is 2.43 bits per heavy atom. The molecule has 1 aliphatic carbocycles. The molecule has 3 aromatic carbocycles. The summed E-state index contributed by atoms with van der Waals surface area (Å²) < 4.78 is 30.1. The average Bonchev–Trinajstić information content (AvgIpc) is 2.87. The summed E-state index contributed by atoms with van der Waals surface area (Å²) in [7, 11) is 0. The topological polar surface area (TPSA) is 24.7 Å². The molecule has 1 unspecified atom stereocenters. The van der Waals surface area contributed by atoms with Crippen molar-refractivity contribution in [1.82, 2.24) is 0 Å². The van der Waals surface area contributed by atoms with E-state index in [9.17, 15) is 4.39 Å². The number of aryl methyl sites for hydroxylation is 2. The molecule has 0 N–H and O–H groups in total. The molecule has 0 aliphatic heterocycles. The third kappa shape index (κ3) is 6.03. The number of benzene rings is 3. The van der Waals surface area contributed by atoms with Gasteiger partial charge in [0.05, 0.1) is 16.9 Å². The van der Waals surface area contributed by atoms with Gasteiger partial charge < -0.3 is 0 Å². The Labute approximate surface area is 207 Å². The van der Waals surface area contributed by atoms with Gasteiger partial charge in [-0.25, -0.2) is 8.78 Å². The Bertz CT molecular complexity index is 1280. The first-order valence-electron chi connectivity index (χ1n) is 12.6. The number of rotatable bonds is 6. The smallest absolute Gasteiger partial charge is 0.145 e.